The van der Waals surface area contributed by atoms with E-state index >= 15 is 0 Å². The summed E-state index contributed by atoms with van der Waals surface area (Å²) in [4.78, 5) is 0. The first-order valence-corrected chi connectivity index (χ1v) is 9.25. The molecule has 0 radical (unpaired) electrons. The van der Waals surface area contributed by atoms with E-state index in [0.717, 1.165) is 19.6 Å². The van der Waals surface area contributed by atoms with Gasteiger partial charge in [-0.15, -0.1) is 11.6 Å². The summed E-state index contributed by atoms with van der Waals surface area (Å²) >= 11 is 12.7. The molecule has 0 spiro atoms. The van der Waals surface area contributed by atoms with Crippen molar-refractivity contribution in [3.8, 4) is 0 Å². The Hall–Kier alpha value is -0.0800. The van der Waals surface area contributed by atoms with Crippen LogP contribution in [0.2, 0.25) is 0 Å². The van der Waals surface area contributed by atoms with Crippen molar-refractivity contribution in [2.45, 2.75) is 0 Å². The Morgan fingerprint density at radius 2 is 1.17 bits per heavy atom. The highest BCUT2D eigenvalue weighted by Gasteiger charge is 2.25. The third-order valence-electron chi connectivity index (χ3n) is 2.66. The molecule has 18 heavy (non-hydrogen) atoms. The zero-order valence-electron chi connectivity index (χ0n) is 9.32. The van der Waals surface area contributed by atoms with Gasteiger partial charge in [0.05, 0.1) is 5.62 Å². The van der Waals surface area contributed by atoms with Gasteiger partial charge in [0.1, 0.15) is 0 Å². The van der Waals surface area contributed by atoms with E-state index in [9.17, 15) is 4.57 Å². The fraction of sp³-hybridized carbons (Fsp3) is 0.0769. The Morgan fingerprint density at radius 3 is 1.44 bits per heavy atom. The number of rotatable bonds is 3. The summed E-state index contributed by atoms with van der Waals surface area (Å²) in [5.74, 6) is 0. The molecular formula is C13H10Br2ClOP. The molecule has 0 fully saturated rings. The lowest BCUT2D eigenvalue weighted by molar-refractivity contribution is 0.589. The molecule has 0 aliphatic carbocycles. The van der Waals surface area contributed by atoms with Crippen LogP contribution in [0.5, 0.6) is 0 Å². The Labute approximate surface area is 128 Å². The van der Waals surface area contributed by atoms with Crippen molar-refractivity contribution in [3.63, 3.8) is 0 Å². The molecule has 0 unspecified atom stereocenters. The third kappa shape index (κ3) is 2.91. The first-order valence-electron chi connectivity index (χ1n) is 5.23. The lowest BCUT2D eigenvalue weighted by atomic mass is 10.4. The molecule has 5 heteroatoms. The summed E-state index contributed by atoms with van der Waals surface area (Å²) in [6.45, 7) is 0. The van der Waals surface area contributed by atoms with Crippen LogP contribution in [0.1, 0.15) is 0 Å². The van der Waals surface area contributed by atoms with Crippen LogP contribution in [0.25, 0.3) is 0 Å². The molecule has 0 aromatic heterocycles. The van der Waals surface area contributed by atoms with E-state index in [1.807, 2.05) is 48.5 Å². The van der Waals surface area contributed by atoms with Crippen molar-refractivity contribution in [1.82, 2.24) is 0 Å². The van der Waals surface area contributed by atoms with Crippen molar-refractivity contribution < 1.29 is 4.57 Å². The largest absolute Gasteiger partial charge is 0.312 e. The predicted molar refractivity (Wildman–Crippen MR) is 85.9 cm³/mol. The van der Waals surface area contributed by atoms with Crippen LogP contribution in [-0.2, 0) is 4.57 Å². The van der Waals surface area contributed by atoms with Crippen LogP contribution in [0.15, 0.2) is 57.5 Å². The maximum absolute atomic E-state index is 13.0. The molecule has 0 saturated carbocycles. The lowest BCUT2D eigenvalue weighted by Crippen LogP contribution is -2.16. The first kappa shape index (κ1) is 14.3. The molecule has 0 N–H and O–H groups in total. The van der Waals surface area contributed by atoms with Gasteiger partial charge >= 0.3 is 0 Å². The average Bonchev–Trinajstić information content (AvgIpc) is 2.39. The predicted octanol–water partition coefficient (Wildman–Crippen LogP) is 4.72. The molecule has 0 bridgehead atoms. The minimum absolute atomic E-state index is 0.107. The maximum atomic E-state index is 13.0. The van der Waals surface area contributed by atoms with Crippen molar-refractivity contribution in [1.29, 1.82) is 0 Å². The number of alkyl halides is 1. The van der Waals surface area contributed by atoms with Gasteiger partial charge in [-0.2, -0.15) is 0 Å². The molecule has 1 nitrogen and oxygen atoms in total. The van der Waals surface area contributed by atoms with E-state index in [4.69, 9.17) is 11.6 Å². The van der Waals surface area contributed by atoms with Gasteiger partial charge < -0.3 is 4.57 Å². The molecule has 0 aliphatic rings. The van der Waals surface area contributed by atoms with Gasteiger partial charge in [-0.25, -0.2) is 0 Å². The van der Waals surface area contributed by atoms with Gasteiger partial charge in [0.2, 0.25) is 0 Å². The average molecular weight is 408 g/mol. The molecule has 0 saturated heterocycles. The first-order chi connectivity index (χ1) is 8.56. The highest BCUT2D eigenvalue weighted by atomic mass is 79.9. The summed E-state index contributed by atoms with van der Waals surface area (Å²) in [6.07, 6.45) is 0. The smallest absolute Gasteiger partial charge is 0.157 e. The minimum Gasteiger partial charge on any atom is -0.312 e. The molecule has 94 valence electrons. The summed E-state index contributed by atoms with van der Waals surface area (Å²) in [6, 6.07) is 15.0. The molecular weight excluding hydrogens is 398 g/mol. The summed E-state index contributed by atoms with van der Waals surface area (Å²) in [5.41, 5.74) is 0.107. The zero-order chi connectivity index (χ0) is 13.2. The van der Waals surface area contributed by atoms with Crippen LogP contribution >= 0.6 is 50.6 Å². The van der Waals surface area contributed by atoms with Gasteiger partial charge in [0.15, 0.2) is 7.14 Å². The van der Waals surface area contributed by atoms with Crippen LogP contribution < -0.4 is 10.6 Å². The van der Waals surface area contributed by atoms with Crippen LogP contribution in [0, 0.1) is 0 Å². The molecule has 0 atom stereocenters. The summed E-state index contributed by atoms with van der Waals surface area (Å²) in [5, 5.41) is 1.56. The lowest BCUT2D eigenvalue weighted by Gasteiger charge is -2.16. The Bertz CT molecular complexity index is 531. The van der Waals surface area contributed by atoms with Gasteiger partial charge in [-0.05, 0) is 24.3 Å². The molecule has 0 amide bonds. The number of hydrogen-bond donors (Lipinski definition) is 0. The summed E-state index contributed by atoms with van der Waals surface area (Å²) in [7, 11) is -2.72. The Kier molecular flexibility index (Phi) is 4.71. The fourth-order valence-electron chi connectivity index (χ4n) is 1.65. The number of halogens is 3. The van der Waals surface area contributed by atoms with E-state index in [2.05, 4.69) is 31.9 Å². The van der Waals surface area contributed by atoms with E-state index in [1.54, 1.807) is 0 Å². The standard InChI is InChI=1S/C13H10Br2ClOP/c14-10-1-5-12(6-2-10)18(17,9-16)13-7-3-11(15)4-8-13/h1-8H,9H2. The molecule has 0 heterocycles. The second-order valence-electron chi connectivity index (χ2n) is 3.81. The van der Waals surface area contributed by atoms with Gasteiger partial charge in [-0.3, -0.25) is 0 Å². The summed E-state index contributed by atoms with van der Waals surface area (Å²) < 4.78 is 15.0. The molecule has 0 aliphatic heterocycles. The molecule has 2 aromatic rings. The van der Waals surface area contributed by atoms with Crippen LogP contribution in [0.4, 0.5) is 0 Å². The Balaban J connectivity index is 2.51. The van der Waals surface area contributed by atoms with E-state index in [-0.39, 0.29) is 5.62 Å². The SMILES string of the molecule is O=P(CCl)(c1ccc(Br)cc1)c1ccc(Br)cc1. The highest BCUT2D eigenvalue weighted by molar-refractivity contribution is 9.10. The number of benzene rings is 2. The van der Waals surface area contributed by atoms with Crippen LogP contribution in [-0.4, -0.2) is 5.62 Å². The van der Waals surface area contributed by atoms with Crippen molar-refractivity contribution in [3.05, 3.63) is 57.5 Å². The molecule has 2 aromatic carbocycles. The monoisotopic (exact) mass is 406 g/mol. The van der Waals surface area contributed by atoms with E-state index < -0.39 is 7.14 Å². The van der Waals surface area contributed by atoms with E-state index in [1.165, 1.54) is 0 Å². The zero-order valence-corrected chi connectivity index (χ0v) is 14.1. The topological polar surface area (TPSA) is 17.1 Å². The van der Waals surface area contributed by atoms with Crippen molar-refractivity contribution in [2.24, 2.45) is 0 Å². The number of hydrogen-bond acceptors (Lipinski definition) is 1. The van der Waals surface area contributed by atoms with Gasteiger partial charge in [0, 0.05) is 19.6 Å². The molecule has 2 rings (SSSR count). The quantitative estimate of drug-likeness (QED) is 0.531. The highest BCUT2D eigenvalue weighted by Crippen LogP contribution is 2.44. The minimum atomic E-state index is -2.72. The maximum Gasteiger partial charge on any atom is 0.157 e. The van der Waals surface area contributed by atoms with Crippen molar-refractivity contribution >= 4 is 61.2 Å². The Morgan fingerprint density at radius 1 is 0.833 bits per heavy atom. The second kappa shape index (κ2) is 5.92. The van der Waals surface area contributed by atoms with E-state index in [0.29, 0.717) is 0 Å². The van der Waals surface area contributed by atoms with Crippen LogP contribution in [0.3, 0.4) is 0 Å². The van der Waals surface area contributed by atoms with Gasteiger partial charge in [-0.1, -0.05) is 56.1 Å². The normalized spacial score (nSPS) is 11.5. The second-order valence-corrected chi connectivity index (χ2v) is 9.11. The van der Waals surface area contributed by atoms with Crippen molar-refractivity contribution in [2.75, 3.05) is 5.62 Å². The fourth-order valence-corrected chi connectivity index (χ4v) is 4.84. The van der Waals surface area contributed by atoms with Gasteiger partial charge in [0.25, 0.3) is 0 Å². The third-order valence-corrected chi connectivity index (χ3v) is 7.32.